The molecule has 0 aliphatic carbocycles. The highest BCUT2D eigenvalue weighted by molar-refractivity contribution is 5.79. The van der Waals surface area contributed by atoms with Crippen molar-refractivity contribution in [2.45, 2.75) is 39.3 Å². The first kappa shape index (κ1) is 14.4. The summed E-state index contributed by atoms with van der Waals surface area (Å²) < 4.78 is 7.39. The third kappa shape index (κ3) is 4.02. The van der Waals surface area contributed by atoms with Gasteiger partial charge in [-0.2, -0.15) is 0 Å². The number of aromatic nitrogens is 1. The fourth-order valence-corrected chi connectivity index (χ4v) is 2.09. The highest BCUT2D eigenvalue weighted by Gasteiger charge is 2.15. The number of fused-ring (bicyclic) bond motifs is 1. The van der Waals surface area contributed by atoms with Crippen LogP contribution in [0.5, 0.6) is 0 Å². The molecule has 0 fully saturated rings. The number of carbonyl (C=O) groups excluding carboxylic acids is 1. The standard InChI is InChI=1S/C16H22N2O2/c1-16(2,3)20-15(19)17-10-6-11-18-12-9-13-7-4-5-8-14(13)18/h4-5,7-9,12H,6,10-11H2,1-3H3,(H,17,19). The molecule has 1 aromatic carbocycles. The van der Waals surface area contributed by atoms with Crippen molar-refractivity contribution < 1.29 is 9.53 Å². The Morgan fingerprint density at radius 1 is 1.25 bits per heavy atom. The van der Waals surface area contributed by atoms with E-state index in [-0.39, 0.29) is 6.09 Å². The average Bonchev–Trinajstić information content (AvgIpc) is 2.76. The number of hydrogen-bond acceptors (Lipinski definition) is 2. The number of rotatable bonds is 4. The van der Waals surface area contributed by atoms with Crippen molar-refractivity contribution in [1.82, 2.24) is 9.88 Å². The zero-order chi connectivity index (χ0) is 14.6. The van der Waals surface area contributed by atoms with Crippen molar-refractivity contribution in [2.24, 2.45) is 0 Å². The van der Waals surface area contributed by atoms with E-state index in [0.717, 1.165) is 13.0 Å². The minimum atomic E-state index is -0.444. The van der Waals surface area contributed by atoms with E-state index in [4.69, 9.17) is 4.74 Å². The van der Waals surface area contributed by atoms with Crippen LogP contribution in [0.2, 0.25) is 0 Å². The van der Waals surface area contributed by atoms with Gasteiger partial charge in [0.25, 0.3) is 0 Å². The second-order valence-corrected chi connectivity index (χ2v) is 5.85. The Labute approximate surface area is 119 Å². The predicted octanol–water partition coefficient (Wildman–Crippen LogP) is 3.56. The number of ether oxygens (including phenoxy) is 1. The molecule has 1 amide bonds. The molecule has 0 saturated carbocycles. The molecule has 0 unspecified atom stereocenters. The number of nitrogens with zero attached hydrogens (tertiary/aromatic N) is 1. The van der Waals surface area contributed by atoms with Gasteiger partial charge >= 0.3 is 6.09 Å². The van der Waals surface area contributed by atoms with E-state index in [1.165, 1.54) is 10.9 Å². The van der Waals surface area contributed by atoms with Crippen molar-refractivity contribution >= 4 is 17.0 Å². The van der Waals surface area contributed by atoms with Crippen molar-refractivity contribution in [3.63, 3.8) is 0 Å². The number of alkyl carbamates (subject to hydrolysis) is 1. The monoisotopic (exact) mass is 274 g/mol. The van der Waals surface area contributed by atoms with Gasteiger partial charge < -0.3 is 14.6 Å². The average molecular weight is 274 g/mol. The van der Waals surface area contributed by atoms with Crippen molar-refractivity contribution in [3.8, 4) is 0 Å². The van der Waals surface area contributed by atoms with Gasteiger partial charge in [-0.3, -0.25) is 0 Å². The zero-order valence-electron chi connectivity index (χ0n) is 12.3. The van der Waals surface area contributed by atoms with Crippen LogP contribution < -0.4 is 5.32 Å². The third-order valence-corrected chi connectivity index (χ3v) is 2.92. The van der Waals surface area contributed by atoms with Crippen LogP contribution in [-0.2, 0) is 11.3 Å². The molecular weight excluding hydrogens is 252 g/mol. The van der Waals surface area contributed by atoms with Gasteiger partial charge in [0.15, 0.2) is 0 Å². The van der Waals surface area contributed by atoms with Gasteiger partial charge in [0.05, 0.1) is 0 Å². The minimum absolute atomic E-state index is 0.352. The highest BCUT2D eigenvalue weighted by atomic mass is 16.6. The highest BCUT2D eigenvalue weighted by Crippen LogP contribution is 2.15. The van der Waals surface area contributed by atoms with Gasteiger partial charge in [0.2, 0.25) is 0 Å². The molecule has 4 heteroatoms. The van der Waals surface area contributed by atoms with Crippen LogP contribution in [0.1, 0.15) is 27.2 Å². The molecule has 0 bridgehead atoms. The van der Waals surface area contributed by atoms with E-state index in [1.807, 2.05) is 32.9 Å². The van der Waals surface area contributed by atoms with E-state index in [9.17, 15) is 4.79 Å². The summed E-state index contributed by atoms with van der Waals surface area (Å²) in [5, 5.41) is 4.02. The van der Waals surface area contributed by atoms with Crippen LogP contribution in [-0.4, -0.2) is 22.8 Å². The lowest BCUT2D eigenvalue weighted by Crippen LogP contribution is -2.33. The molecule has 0 aliphatic heterocycles. The van der Waals surface area contributed by atoms with Crippen LogP contribution in [0.25, 0.3) is 10.9 Å². The van der Waals surface area contributed by atoms with E-state index in [1.54, 1.807) is 0 Å². The summed E-state index contributed by atoms with van der Waals surface area (Å²) in [6.07, 6.45) is 2.60. The van der Waals surface area contributed by atoms with Crippen LogP contribution in [0.4, 0.5) is 4.79 Å². The topological polar surface area (TPSA) is 43.3 Å². The summed E-state index contributed by atoms with van der Waals surface area (Å²) >= 11 is 0. The molecule has 108 valence electrons. The normalized spacial score (nSPS) is 11.6. The first-order chi connectivity index (χ1) is 9.46. The maximum Gasteiger partial charge on any atom is 0.407 e. The summed E-state index contributed by atoms with van der Waals surface area (Å²) in [5.41, 5.74) is 0.783. The predicted molar refractivity (Wildman–Crippen MR) is 80.8 cm³/mol. The molecule has 1 heterocycles. The van der Waals surface area contributed by atoms with Gasteiger partial charge in [-0.15, -0.1) is 0 Å². The number of para-hydroxylation sites is 1. The fourth-order valence-electron chi connectivity index (χ4n) is 2.09. The molecule has 0 saturated heterocycles. The second kappa shape index (κ2) is 5.99. The first-order valence-electron chi connectivity index (χ1n) is 6.96. The van der Waals surface area contributed by atoms with Gasteiger partial charge in [0.1, 0.15) is 5.60 Å². The Kier molecular flexibility index (Phi) is 4.32. The van der Waals surface area contributed by atoms with Gasteiger partial charge in [-0.1, -0.05) is 18.2 Å². The Bertz CT molecular complexity index is 581. The molecule has 0 aliphatic rings. The summed E-state index contributed by atoms with van der Waals surface area (Å²) in [6.45, 7) is 7.07. The molecule has 4 nitrogen and oxygen atoms in total. The molecule has 2 rings (SSSR count). The minimum Gasteiger partial charge on any atom is -0.444 e. The van der Waals surface area contributed by atoms with Gasteiger partial charge in [-0.05, 0) is 44.7 Å². The number of benzene rings is 1. The summed E-state index contributed by atoms with van der Waals surface area (Å²) in [5.74, 6) is 0. The Morgan fingerprint density at radius 2 is 2.00 bits per heavy atom. The van der Waals surface area contributed by atoms with E-state index >= 15 is 0 Å². The maximum absolute atomic E-state index is 11.5. The lowest BCUT2D eigenvalue weighted by Gasteiger charge is -2.19. The van der Waals surface area contributed by atoms with Gasteiger partial charge in [-0.25, -0.2) is 4.79 Å². The van der Waals surface area contributed by atoms with E-state index in [2.05, 4.69) is 34.3 Å². The Hall–Kier alpha value is -1.97. The number of hydrogen-bond donors (Lipinski definition) is 1. The quantitative estimate of drug-likeness (QED) is 0.866. The van der Waals surface area contributed by atoms with Crippen molar-refractivity contribution in [1.29, 1.82) is 0 Å². The lowest BCUT2D eigenvalue weighted by molar-refractivity contribution is 0.0527. The lowest BCUT2D eigenvalue weighted by atomic mass is 10.2. The molecule has 2 aromatic rings. The Morgan fingerprint density at radius 3 is 2.75 bits per heavy atom. The SMILES string of the molecule is CC(C)(C)OC(=O)NCCCn1ccc2ccccc21. The van der Waals surface area contributed by atoms with Crippen molar-refractivity contribution in [2.75, 3.05) is 6.54 Å². The van der Waals surface area contributed by atoms with Crippen molar-refractivity contribution in [3.05, 3.63) is 36.5 Å². The van der Waals surface area contributed by atoms with Crippen LogP contribution in [0.3, 0.4) is 0 Å². The largest absolute Gasteiger partial charge is 0.444 e. The molecule has 1 aromatic heterocycles. The number of carbonyl (C=O) groups is 1. The molecule has 1 N–H and O–H groups in total. The number of amides is 1. The first-order valence-corrected chi connectivity index (χ1v) is 6.96. The molecule has 0 spiro atoms. The van der Waals surface area contributed by atoms with E-state index < -0.39 is 5.60 Å². The summed E-state index contributed by atoms with van der Waals surface area (Å²) in [4.78, 5) is 11.5. The van der Waals surface area contributed by atoms with E-state index in [0.29, 0.717) is 6.54 Å². The molecule has 20 heavy (non-hydrogen) atoms. The Balaban J connectivity index is 1.78. The second-order valence-electron chi connectivity index (χ2n) is 5.85. The van der Waals surface area contributed by atoms with Crippen LogP contribution in [0.15, 0.2) is 36.5 Å². The number of nitrogens with one attached hydrogen (secondary N) is 1. The third-order valence-electron chi connectivity index (χ3n) is 2.92. The molecular formula is C16H22N2O2. The number of aryl methyl sites for hydroxylation is 1. The summed E-state index contributed by atoms with van der Waals surface area (Å²) in [6, 6.07) is 10.4. The van der Waals surface area contributed by atoms with Crippen LogP contribution >= 0.6 is 0 Å². The summed E-state index contributed by atoms with van der Waals surface area (Å²) in [7, 11) is 0. The molecule has 0 atom stereocenters. The maximum atomic E-state index is 11.5. The van der Waals surface area contributed by atoms with Crippen LogP contribution in [0, 0.1) is 0 Å². The fraction of sp³-hybridized carbons (Fsp3) is 0.438. The smallest absolute Gasteiger partial charge is 0.407 e. The molecule has 0 radical (unpaired) electrons. The zero-order valence-corrected chi connectivity index (χ0v) is 12.3. The van der Waals surface area contributed by atoms with Gasteiger partial charge in [0, 0.05) is 24.8 Å².